The van der Waals surface area contributed by atoms with Gasteiger partial charge in [-0.3, -0.25) is 9.35 Å². The van der Waals surface area contributed by atoms with Gasteiger partial charge in [0.1, 0.15) is 5.69 Å². The number of carbonyl (C=O) groups excluding carboxylic acids is 1. The first-order chi connectivity index (χ1) is 16.1. The third kappa shape index (κ3) is 4.66. The Morgan fingerprint density at radius 1 is 0.882 bits per heavy atom. The second-order valence-electron chi connectivity index (χ2n) is 7.73. The Bertz CT molecular complexity index is 1560. The van der Waals surface area contributed by atoms with E-state index in [0.717, 1.165) is 5.56 Å². The molecule has 0 aromatic heterocycles. The van der Waals surface area contributed by atoms with E-state index in [9.17, 15) is 22.9 Å². The Morgan fingerprint density at radius 3 is 2.32 bits per heavy atom. The van der Waals surface area contributed by atoms with Crippen molar-refractivity contribution in [2.24, 2.45) is 10.2 Å². The van der Waals surface area contributed by atoms with Crippen LogP contribution in [0.5, 0.6) is 5.75 Å². The lowest BCUT2D eigenvalue weighted by Crippen LogP contribution is -2.13. The molecule has 0 aliphatic heterocycles. The number of para-hydroxylation sites is 1. The van der Waals surface area contributed by atoms with Gasteiger partial charge in [-0.15, -0.1) is 5.11 Å². The van der Waals surface area contributed by atoms with Crippen molar-refractivity contribution in [3.8, 4) is 5.75 Å². The predicted molar refractivity (Wildman–Crippen MR) is 130 cm³/mol. The van der Waals surface area contributed by atoms with Crippen LogP contribution in [0.4, 0.5) is 17.1 Å². The van der Waals surface area contributed by atoms with Gasteiger partial charge in [-0.1, -0.05) is 48.5 Å². The average molecular weight is 476 g/mol. The van der Waals surface area contributed by atoms with E-state index in [4.69, 9.17) is 0 Å². The SMILES string of the molecule is Cc1ccc(S(=O)(=O)O)cc1N=Nc1c(O)c(C(=O)Nc2ccccc2C)cc2ccccc12. The van der Waals surface area contributed by atoms with Crippen molar-refractivity contribution >= 4 is 43.9 Å². The van der Waals surface area contributed by atoms with Gasteiger partial charge < -0.3 is 10.4 Å². The van der Waals surface area contributed by atoms with E-state index in [1.165, 1.54) is 18.2 Å². The molecule has 0 saturated carbocycles. The normalized spacial score (nSPS) is 11.7. The minimum Gasteiger partial charge on any atom is -0.505 e. The maximum atomic E-state index is 13.0. The summed E-state index contributed by atoms with van der Waals surface area (Å²) in [5.74, 6) is -0.879. The van der Waals surface area contributed by atoms with E-state index < -0.39 is 16.0 Å². The van der Waals surface area contributed by atoms with Crippen LogP contribution in [-0.4, -0.2) is 24.0 Å². The summed E-state index contributed by atoms with van der Waals surface area (Å²) in [6.45, 7) is 3.56. The number of hydrogen-bond donors (Lipinski definition) is 3. The lowest BCUT2D eigenvalue weighted by atomic mass is 10.0. The molecule has 0 radical (unpaired) electrons. The summed E-state index contributed by atoms with van der Waals surface area (Å²) >= 11 is 0. The number of aromatic hydroxyl groups is 1. The summed E-state index contributed by atoms with van der Waals surface area (Å²) < 4.78 is 32.3. The van der Waals surface area contributed by atoms with Crippen molar-refractivity contribution in [2.75, 3.05) is 5.32 Å². The van der Waals surface area contributed by atoms with Gasteiger partial charge in [-0.2, -0.15) is 13.5 Å². The fourth-order valence-electron chi connectivity index (χ4n) is 3.46. The molecule has 4 aromatic rings. The molecule has 0 aliphatic carbocycles. The minimum atomic E-state index is -4.42. The second kappa shape index (κ2) is 9.05. The number of amides is 1. The molecular weight excluding hydrogens is 454 g/mol. The molecular formula is C25H21N3O5S. The highest BCUT2D eigenvalue weighted by atomic mass is 32.2. The van der Waals surface area contributed by atoms with Gasteiger partial charge in [0.2, 0.25) is 0 Å². The molecule has 0 spiro atoms. The maximum Gasteiger partial charge on any atom is 0.294 e. The molecule has 1 amide bonds. The van der Waals surface area contributed by atoms with Gasteiger partial charge in [0.15, 0.2) is 5.75 Å². The van der Waals surface area contributed by atoms with Crippen LogP contribution in [0.3, 0.4) is 0 Å². The molecule has 8 nitrogen and oxygen atoms in total. The molecule has 0 atom stereocenters. The summed E-state index contributed by atoms with van der Waals surface area (Å²) in [5.41, 5.74) is 2.34. The van der Waals surface area contributed by atoms with Crippen molar-refractivity contribution in [2.45, 2.75) is 18.7 Å². The average Bonchev–Trinajstić information content (AvgIpc) is 2.79. The fourth-order valence-corrected chi connectivity index (χ4v) is 3.96. The number of aryl methyl sites for hydroxylation is 2. The van der Waals surface area contributed by atoms with Crippen LogP contribution in [0.25, 0.3) is 10.8 Å². The first kappa shape index (κ1) is 23.1. The lowest BCUT2D eigenvalue weighted by molar-refractivity contribution is 0.102. The summed E-state index contributed by atoms with van der Waals surface area (Å²) in [6.07, 6.45) is 0. The smallest absolute Gasteiger partial charge is 0.294 e. The van der Waals surface area contributed by atoms with E-state index in [1.54, 1.807) is 49.4 Å². The van der Waals surface area contributed by atoms with Gasteiger partial charge in [0.05, 0.1) is 16.1 Å². The number of carbonyl (C=O) groups is 1. The number of fused-ring (bicyclic) bond motifs is 1. The highest BCUT2D eigenvalue weighted by molar-refractivity contribution is 7.85. The number of rotatable bonds is 5. The fraction of sp³-hybridized carbons (Fsp3) is 0.0800. The van der Waals surface area contributed by atoms with Crippen LogP contribution < -0.4 is 5.32 Å². The molecule has 0 unspecified atom stereocenters. The van der Waals surface area contributed by atoms with E-state index in [2.05, 4.69) is 15.5 Å². The summed E-state index contributed by atoms with van der Waals surface area (Å²) in [6, 6.07) is 19.8. The van der Waals surface area contributed by atoms with Crippen LogP contribution in [0.2, 0.25) is 0 Å². The Kier molecular flexibility index (Phi) is 6.14. The third-order valence-corrected chi connectivity index (χ3v) is 6.22. The zero-order valence-electron chi connectivity index (χ0n) is 18.4. The van der Waals surface area contributed by atoms with E-state index in [0.29, 0.717) is 22.0 Å². The van der Waals surface area contributed by atoms with Gasteiger partial charge >= 0.3 is 0 Å². The minimum absolute atomic E-state index is 0.0133. The van der Waals surface area contributed by atoms with Crippen LogP contribution in [0, 0.1) is 13.8 Å². The van der Waals surface area contributed by atoms with E-state index in [1.807, 2.05) is 19.1 Å². The molecule has 9 heteroatoms. The molecule has 0 saturated heterocycles. The number of benzene rings is 4. The standard InChI is InChI=1S/C25H21N3O5S/c1-15-7-3-6-10-21(15)26-25(30)20-13-17-8-4-5-9-19(17)23(24(20)29)28-27-22-14-18(34(31,32)33)12-11-16(22)2/h3-14,29H,1-2H3,(H,26,30)(H,31,32,33). The molecule has 0 bridgehead atoms. The number of phenols is 1. The lowest BCUT2D eigenvalue weighted by Gasteiger charge is -2.12. The molecule has 3 N–H and O–H groups in total. The number of hydrogen-bond acceptors (Lipinski definition) is 6. The highest BCUT2D eigenvalue weighted by Gasteiger charge is 2.19. The third-order valence-electron chi connectivity index (χ3n) is 5.37. The summed E-state index contributed by atoms with van der Waals surface area (Å²) in [4.78, 5) is 12.7. The first-order valence-corrected chi connectivity index (χ1v) is 11.7. The van der Waals surface area contributed by atoms with Crippen molar-refractivity contribution in [3.63, 3.8) is 0 Å². The molecule has 4 aromatic carbocycles. The topological polar surface area (TPSA) is 128 Å². The van der Waals surface area contributed by atoms with Crippen molar-refractivity contribution in [1.82, 2.24) is 0 Å². The molecule has 4 rings (SSSR count). The number of azo groups is 1. The molecule has 172 valence electrons. The molecule has 0 fully saturated rings. The first-order valence-electron chi connectivity index (χ1n) is 10.3. The van der Waals surface area contributed by atoms with Gasteiger partial charge in [-0.05, 0) is 54.6 Å². The monoisotopic (exact) mass is 475 g/mol. The number of anilines is 1. The number of phenolic OH excluding ortho intramolecular Hbond substituents is 1. The van der Waals surface area contributed by atoms with Crippen molar-refractivity contribution in [1.29, 1.82) is 0 Å². The van der Waals surface area contributed by atoms with Crippen LogP contribution >= 0.6 is 0 Å². The van der Waals surface area contributed by atoms with Gasteiger partial charge in [-0.25, -0.2) is 0 Å². The molecule has 0 aliphatic rings. The second-order valence-corrected chi connectivity index (χ2v) is 9.16. The molecule has 34 heavy (non-hydrogen) atoms. The number of nitrogens with zero attached hydrogens (tertiary/aromatic N) is 2. The van der Waals surface area contributed by atoms with Crippen LogP contribution in [0.1, 0.15) is 21.5 Å². The predicted octanol–water partition coefficient (Wildman–Crippen LogP) is 6.08. The van der Waals surface area contributed by atoms with Crippen LogP contribution in [0.15, 0.2) is 87.9 Å². The van der Waals surface area contributed by atoms with E-state index >= 15 is 0 Å². The maximum absolute atomic E-state index is 13.0. The van der Waals surface area contributed by atoms with Gasteiger partial charge in [0.25, 0.3) is 16.0 Å². The van der Waals surface area contributed by atoms with E-state index in [-0.39, 0.29) is 27.6 Å². The largest absolute Gasteiger partial charge is 0.505 e. The zero-order chi connectivity index (χ0) is 24.5. The van der Waals surface area contributed by atoms with Gasteiger partial charge in [0, 0.05) is 11.1 Å². The Morgan fingerprint density at radius 2 is 1.59 bits per heavy atom. The van der Waals surface area contributed by atoms with Crippen molar-refractivity contribution < 1.29 is 22.9 Å². The highest BCUT2D eigenvalue weighted by Crippen LogP contribution is 2.40. The number of nitrogens with one attached hydrogen (secondary N) is 1. The summed E-state index contributed by atoms with van der Waals surface area (Å²) in [5, 5.41) is 23.3. The summed E-state index contributed by atoms with van der Waals surface area (Å²) in [7, 11) is -4.42. The Balaban J connectivity index is 1.81. The Labute approximate surface area is 196 Å². The van der Waals surface area contributed by atoms with Crippen LogP contribution in [-0.2, 0) is 10.1 Å². The zero-order valence-corrected chi connectivity index (χ0v) is 19.2. The molecule has 0 heterocycles. The quantitative estimate of drug-likeness (QED) is 0.238. The van der Waals surface area contributed by atoms with Crippen molar-refractivity contribution in [3.05, 3.63) is 89.5 Å². The Hall–Kier alpha value is -4.08.